The van der Waals surface area contributed by atoms with E-state index in [0.717, 1.165) is 11.8 Å². The average Bonchev–Trinajstić information content (AvgIpc) is 2.35. The van der Waals surface area contributed by atoms with Crippen LogP contribution >= 0.6 is 34.8 Å². The Morgan fingerprint density at radius 1 is 1.06 bits per heavy atom. The fourth-order valence-electron chi connectivity index (χ4n) is 1.35. The lowest BCUT2D eigenvalue weighted by atomic mass is 10.1. The molecule has 0 unspecified atom stereocenters. The quantitative estimate of drug-likeness (QED) is 0.600. The summed E-state index contributed by atoms with van der Waals surface area (Å²) in [6.45, 7) is 0. The number of hydrogen-bond donors (Lipinski definition) is 0. The van der Waals surface area contributed by atoms with Crippen molar-refractivity contribution in [1.82, 2.24) is 4.98 Å². The molecule has 2 aromatic rings. The predicted molar refractivity (Wildman–Crippen MR) is 70.1 cm³/mol. The summed E-state index contributed by atoms with van der Waals surface area (Å²) in [5, 5.41) is 1.06. The first-order valence-corrected chi connectivity index (χ1v) is 5.81. The molecule has 0 aliphatic carbocycles. The molecule has 0 N–H and O–H groups in total. The number of aldehydes is 1. The van der Waals surface area contributed by atoms with Gasteiger partial charge in [0.2, 0.25) is 0 Å². The topological polar surface area (TPSA) is 30.0 Å². The van der Waals surface area contributed by atoms with Gasteiger partial charge in [-0.1, -0.05) is 34.8 Å². The minimum absolute atomic E-state index is 0.321. The van der Waals surface area contributed by atoms with Gasteiger partial charge in [-0.2, -0.15) is 0 Å². The first-order valence-electron chi connectivity index (χ1n) is 4.68. The Kier molecular flexibility index (Phi) is 3.67. The smallest absolute Gasteiger partial charge is 0.151 e. The van der Waals surface area contributed by atoms with Crippen molar-refractivity contribution in [2.45, 2.75) is 0 Å². The largest absolute Gasteiger partial charge is 0.298 e. The Bertz CT molecular complexity index is 543. The van der Waals surface area contributed by atoms with Crippen molar-refractivity contribution in [3.8, 4) is 11.3 Å². The van der Waals surface area contributed by atoms with Gasteiger partial charge in [-0.15, -0.1) is 0 Å². The summed E-state index contributed by atoms with van der Waals surface area (Å²) in [5.41, 5.74) is 1.94. The minimum atomic E-state index is 0.321. The zero-order valence-corrected chi connectivity index (χ0v) is 10.7. The maximum atomic E-state index is 10.5. The molecule has 0 fully saturated rings. The van der Waals surface area contributed by atoms with E-state index in [2.05, 4.69) is 4.98 Å². The van der Waals surface area contributed by atoms with Crippen LogP contribution in [0.15, 0.2) is 30.5 Å². The molecule has 0 aliphatic rings. The van der Waals surface area contributed by atoms with Gasteiger partial charge in [-0.05, 0) is 24.3 Å². The van der Waals surface area contributed by atoms with Crippen LogP contribution in [-0.4, -0.2) is 11.3 Å². The summed E-state index contributed by atoms with van der Waals surface area (Å²) in [4.78, 5) is 14.6. The molecule has 1 aromatic carbocycles. The SMILES string of the molecule is O=Cc1ccc(-c2cc(Cl)c(Cl)c(Cl)c2)nc1. The molecule has 1 heterocycles. The highest BCUT2D eigenvalue weighted by atomic mass is 35.5. The van der Waals surface area contributed by atoms with Crippen LogP contribution in [0.25, 0.3) is 11.3 Å². The Morgan fingerprint density at radius 2 is 1.71 bits per heavy atom. The number of hydrogen-bond acceptors (Lipinski definition) is 2. The van der Waals surface area contributed by atoms with Gasteiger partial charge in [0.15, 0.2) is 6.29 Å². The van der Waals surface area contributed by atoms with Gasteiger partial charge in [0.25, 0.3) is 0 Å². The van der Waals surface area contributed by atoms with Gasteiger partial charge in [0.05, 0.1) is 20.8 Å². The highest BCUT2D eigenvalue weighted by Gasteiger charge is 2.08. The summed E-state index contributed by atoms with van der Waals surface area (Å²) >= 11 is 17.7. The molecule has 0 saturated heterocycles. The number of benzene rings is 1. The van der Waals surface area contributed by atoms with Crippen molar-refractivity contribution in [2.24, 2.45) is 0 Å². The number of halogens is 3. The maximum absolute atomic E-state index is 10.5. The van der Waals surface area contributed by atoms with E-state index in [1.54, 1.807) is 24.3 Å². The van der Waals surface area contributed by atoms with Gasteiger partial charge in [-0.3, -0.25) is 9.78 Å². The standard InChI is InChI=1S/C12H6Cl3NO/c13-9-3-8(4-10(14)12(9)15)11-2-1-7(6-17)5-16-11/h1-6H. The van der Waals surface area contributed by atoms with Gasteiger partial charge in [0.1, 0.15) is 0 Å². The molecule has 0 bridgehead atoms. The highest BCUT2D eigenvalue weighted by Crippen LogP contribution is 2.34. The van der Waals surface area contributed by atoms with E-state index in [1.165, 1.54) is 6.20 Å². The van der Waals surface area contributed by atoms with E-state index in [0.29, 0.717) is 26.3 Å². The molecule has 1 aromatic heterocycles. The lowest BCUT2D eigenvalue weighted by molar-refractivity contribution is 0.112. The fraction of sp³-hybridized carbons (Fsp3) is 0. The summed E-state index contributed by atoms with van der Waals surface area (Å²) in [6, 6.07) is 6.75. The van der Waals surface area contributed by atoms with Crippen molar-refractivity contribution >= 4 is 41.1 Å². The zero-order chi connectivity index (χ0) is 12.4. The van der Waals surface area contributed by atoms with Crippen LogP contribution in [0, 0.1) is 0 Å². The second kappa shape index (κ2) is 5.05. The van der Waals surface area contributed by atoms with Gasteiger partial charge in [0, 0.05) is 17.3 Å². The van der Waals surface area contributed by atoms with Crippen LogP contribution in [0.4, 0.5) is 0 Å². The van der Waals surface area contributed by atoms with Gasteiger partial charge >= 0.3 is 0 Å². The molecule has 0 amide bonds. The third-order valence-corrected chi connectivity index (χ3v) is 3.40. The van der Waals surface area contributed by atoms with E-state index in [9.17, 15) is 4.79 Å². The summed E-state index contributed by atoms with van der Waals surface area (Å²) in [6.07, 6.45) is 2.22. The molecule has 17 heavy (non-hydrogen) atoms. The lowest BCUT2D eigenvalue weighted by Crippen LogP contribution is -1.87. The van der Waals surface area contributed by atoms with Crippen LogP contribution in [0.3, 0.4) is 0 Å². The van der Waals surface area contributed by atoms with Crippen LogP contribution in [0.5, 0.6) is 0 Å². The summed E-state index contributed by atoms with van der Waals surface area (Å²) in [5.74, 6) is 0. The van der Waals surface area contributed by atoms with Crippen LogP contribution in [0.1, 0.15) is 10.4 Å². The Morgan fingerprint density at radius 3 is 2.18 bits per heavy atom. The Hall–Kier alpha value is -1.09. The summed E-state index contributed by atoms with van der Waals surface area (Å²) in [7, 11) is 0. The molecule has 5 heteroatoms. The second-order valence-corrected chi connectivity index (χ2v) is 4.54. The molecule has 0 atom stereocenters. The van der Waals surface area contributed by atoms with Crippen LogP contribution in [0.2, 0.25) is 15.1 Å². The Balaban J connectivity index is 2.49. The zero-order valence-electron chi connectivity index (χ0n) is 8.45. The molecule has 86 valence electrons. The number of pyridine rings is 1. The normalized spacial score (nSPS) is 10.3. The minimum Gasteiger partial charge on any atom is -0.298 e. The third kappa shape index (κ3) is 2.60. The summed E-state index contributed by atoms with van der Waals surface area (Å²) < 4.78 is 0. The molecule has 0 radical (unpaired) electrons. The van der Waals surface area contributed by atoms with E-state index >= 15 is 0 Å². The molecule has 2 nitrogen and oxygen atoms in total. The first-order chi connectivity index (χ1) is 8.11. The number of rotatable bonds is 2. The number of carbonyl (C=O) groups excluding carboxylic acids is 1. The van der Waals surface area contributed by atoms with Crippen LogP contribution in [-0.2, 0) is 0 Å². The number of carbonyl (C=O) groups is 1. The fourth-order valence-corrected chi connectivity index (χ4v) is 1.95. The van der Waals surface area contributed by atoms with Crippen molar-refractivity contribution in [3.63, 3.8) is 0 Å². The van der Waals surface area contributed by atoms with E-state index in [-0.39, 0.29) is 0 Å². The maximum Gasteiger partial charge on any atom is 0.151 e. The molecular weight excluding hydrogens is 280 g/mol. The van der Waals surface area contributed by atoms with Crippen molar-refractivity contribution in [3.05, 3.63) is 51.1 Å². The van der Waals surface area contributed by atoms with Crippen molar-refractivity contribution < 1.29 is 4.79 Å². The van der Waals surface area contributed by atoms with E-state index < -0.39 is 0 Å². The van der Waals surface area contributed by atoms with Crippen LogP contribution < -0.4 is 0 Å². The molecule has 2 rings (SSSR count). The molecule has 0 spiro atoms. The predicted octanol–water partition coefficient (Wildman–Crippen LogP) is 4.52. The van der Waals surface area contributed by atoms with Crippen molar-refractivity contribution in [1.29, 1.82) is 0 Å². The average molecular weight is 287 g/mol. The molecule has 0 saturated carbocycles. The Labute approximate surface area is 113 Å². The second-order valence-electron chi connectivity index (χ2n) is 3.35. The van der Waals surface area contributed by atoms with E-state index in [1.807, 2.05) is 0 Å². The monoisotopic (exact) mass is 285 g/mol. The number of nitrogens with zero attached hydrogens (tertiary/aromatic N) is 1. The third-order valence-electron chi connectivity index (χ3n) is 2.20. The van der Waals surface area contributed by atoms with E-state index in [4.69, 9.17) is 34.8 Å². The highest BCUT2D eigenvalue weighted by molar-refractivity contribution is 6.48. The lowest BCUT2D eigenvalue weighted by Gasteiger charge is -2.05. The van der Waals surface area contributed by atoms with Gasteiger partial charge in [-0.25, -0.2) is 0 Å². The molecular formula is C12H6Cl3NO. The van der Waals surface area contributed by atoms with Gasteiger partial charge < -0.3 is 0 Å². The first kappa shape index (κ1) is 12.4. The molecule has 0 aliphatic heterocycles. The van der Waals surface area contributed by atoms with Crippen molar-refractivity contribution in [2.75, 3.05) is 0 Å². The number of aromatic nitrogens is 1.